The first-order valence-electron chi connectivity index (χ1n) is 12.8. The van der Waals surface area contributed by atoms with Gasteiger partial charge in [0.05, 0.1) is 28.7 Å². The third-order valence-electron chi connectivity index (χ3n) is 6.76. The molecule has 0 spiro atoms. The number of aromatic nitrogens is 1. The highest BCUT2D eigenvalue weighted by Gasteiger charge is 2.19. The van der Waals surface area contributed by atoms with Crippen molar-refractivity contribution in [2.75, 3.05) is 11.4 Å². The van der Waals surface area contributed by atoms with Crippen LogP contribution in [0.25, 0.3) is 11.3 Å². The first-order chi connectivity index (χ1) is 18.9. The molecular weight excluding hydrogens is 553 g/mol. The van der Waals surface area contributed by atoms with Crippen molar-refractivity contribution in [3.05, 3.63) is 98.3 Å². The number of anilines is 2. The highest BCUT2D eigenvalue weighted by molar-refractivity contribution is 7.14. The molecule has 5 rings (SSSR count). The van der Waals surface area contributed by atoms with Crippen molar-refractivity contribution in [1.82, 2.24) is 10.3 Å². The van der Waals surface area contributed by atoms with Gasteiger partial charge >= 0.3 is 5.97 Å². The molecule has 39 heavy (non-hydrogen) atoms. The summed E-state index contributed by atoms with van der Waals surface area (Å²) in [5.74, 6) is -1.24. The average molecular weight is 581 g/mol. The SMILES string of the molecule is O=C(O)CCNC(=O)c1ccc(CN(c2ccc3c(c2)CCCC3)c2nc(-c3ccc(Cl)c(Cl)c3)cs2)cc1. The molecule has 1 aliphatic rings. The van der Waals surface area contributed by atoms with Gasteiger partial charge in [-0.1, -0.05) is 47.5 Å². The number of carboxylic acids is 1. The van der Waals surface area contributed by atoms with Crippen LogP contribution in [0.5, 0.6) is 0 Å². The minimum Gasteiger partial charge on any atom is -0.481 e. The molecule has 1 amide bonds. The molecule has 0 radical (unpaired) electrons. The Morgan fingerprint density at radius 2 is 1.72 bits per heavy atom. The second kappa shape index (κ2) is 12.2. The van der Waals surface area contributed by atoms with Crippen LogP contribution in [0, 0.1) is 0 Å². The van der Waals surface area contributed by atoms with Crippen LogP contribution in [0.15, 0.2) is 66.0 Å². The predicted octanol–water partition coefficient (Wildman–Crippen LogP) is 7.54. The maximum atomic E-state index is 12.4. The van der Waals surface area contributed by atoms with Crippen molar-refractivity contribution in [3.8, 4) is 11.3 Å². The zero-order valence-corrected chi connectivity index (χ0v) is 23.5. The van der Waals surface area contributed by atoms with Gasteiger partial charge in [0, 0.05) is 28.7 Å². The minimum absolute atomic E-state index is 0.0905. The molecule has 2 N–H and O–H groups in total. The molecule has 0 atom stereocenters. The standard InChI is InChI=1S/C30H27Cl2N3O3S/c31-25-12-10-23(16-26(25)32)27-18-39-30(34-27)35(24-11-9-20-3-1-2-4-22(20)15-24)17-19-5-7-21(8-6-19)29(38)33-14-13-28(36)37/h5-12,15-16,18H,1-4,13-14,17H2,(H,33,38)(H,36,37). The maximum Gasteiger partial charge on any atom is 0.305 e. The van der Waals surface area contributed by atoms with Crippen LogP contribution in [-0.2, 0) is 24.2 Å². The maximum absolute atomic E-state index is 12.4. The van der Waals surface area contributed by atoms with Gasteiger partial charge in [-0.25, -0.2) is 4.98 Å². The van der Waals surface area contributed by atoms with Gasteiger partial charge < -0.3 is 15.3 Å². The van der Waals surface area contributed by atoms with Crippen LogP contribution in [0.3, 0.4) is 0 Å². The summed E-state index contributed by atoms with van der Waals surface area (Å²) in [6.45, 7) is 0.654. The Hall–Kier alpha value is -3.39. The van der Waals surface area contributed by atoms with E-state index in [1.54, 1.807) is 29.5 Å². The Kier molecular flexibility index (Phi) is 8.50. The molecule has 0 unspecified atom stereocenters. The molecule has 0 fully saturated rings. The van der Waals surface area contributed by atoms with E-state index in [2.05, 4.69) is 28.4 Å². The van der Waals surface area contributed by atoms with Gasteiger partial charge in [0.1, 0.15) is 0 Å². The number of halogens is 2. The predicted molar refractivity (Wildman–Crippen MR) is 158 cm³/mol. The average Bonchev–Trinajstić information content (AvgIpc) is 3.43. The molecule has 0 saturated carbocycles. The van der Waals surface area contributed by atoms with E-state index < -0.39 is 5.97 Å². The van der Waals surface area contributed by atoms with Crippen molar-refractivity contribution in [1.29, 1.82) is 0 Å². The van der Waals surface area contributed by atoms with Gasteiger partial charge in [-0.05, 0) is 78.8 Å². The Morgan fingerprint density at radius 1 is 0.949 bits per heavy atom. The molecule has 0 aliphatic heterocycles. The van der Waals surface area contributed by atoms with Crippen molar-refractivity contribution >= 4 is 57.2 Å². The Labute approximate surface area is 241 Å². The van der Waals surface area contributed by atoms with Gasteiger partial charge in [-0.3, -0.25) is 9.59 Å². The number of hydrogen-bond donors (Lipinski definition) is 2. The molecular formula is C30H27Cl2N3O3S. The molecule has 0 bridgehead atoms. The molecule has 9 heteroatoms. The zero-order chi connectivity index (χ0) is 27.4. The molecule has 3 aromatic carbocycles. The van der Waals surface area contributed by atoms with E-state index >= 15 is 0 Å². The number of nitrogens with zero attached hydrogens (tertiary/aromatic N) is 2. The lowest BCUT2D eigenvalue weighted by molar-refractivity contribution is -0.136. The lowest BCUT2D eigenvalue weighted by Crippen LogP contribution is -2.26. The summed E-state index contributed by atoms with van der Waals surface area (Å²) in [5.41, 5.74) is 7.10. The van der Waals surface area contributed by atoms with Crippen LogP contribution in [0.4, 0.5) is 10.8 Å². The lowest BCUT2D eigenvalue weighted by atomic mass is 9.91. The Balaban J connectivity index is 1.42. The smallest absolute Gasteiger partial charge is 0.305 e. The van der Waals surface area contributed by atoms with Gasteiger partial charge in [-0.15, -0.1) is 11.3 Å². The number of hydrogen-bond acceptors (Lipinski definition) is 5. The number of carbonyl (C=O) groups is 2. The fraction of sp³-hybridized carbons (Fsp3) is 0.233. The molecule has 200 valence electrons. The quantitative estimate of drug-likeness (QED) is 0.214. The summed E-state index contributed by atoms with van der Waals surface area (Å²) in [4.78, 5) is 30.3. The summed E-state index contributed by atoms with van der Waals surface area (Å²) in [5, 5.41) is 15.3. The van der Waals surface area contributed by atoms with Crippen LogP contribution >= 0.6 is 34.5 Å². The van der Waals surface area contributed by atoms with Gasteiger partial charge in [0.25, 0.3) is 5.91 Å². The molecule has 0 saturated heterocycles. The van der Waals surface area contributed by atoms with E-state index in [4.69, 9.17) is 33.3 Å². The molecule has 1 aromatic heterocycles. The van der Waals surface area contributed by atoms with E-state index in [0.29, 0.717) is 22.2 Å². The highest BCUT2D eigenvalue weighted by Crippen LogP contribution is 2.36. The molecule has 6 nitrogen and oxygen atoms in total. The fourth-order valence-corrected chi connectivity index (χ4v) is 5.81. The molecule has 4 aromatic rings. The number of benzene rings is 3. The van der Waals surface area contributed by atoms with Crippen LogP contribution in [0.2, 0.25) is 10.0 Å². The van der Waals surface area contributed by atoms with Gasteiger partial charge in [-0.2, -0.15) is 0 Å². The van der Waals surface area contributed by atoms with Crippen LogP contribution in [0.1, 0.15) is 46.3 Å². The van der Waals surface area contributed by atoms with Gasteiger partial charge in [0.2, 0.25) is 0 Å². The van der Waals surface area contributed by atoms with E-state index in [0.717, 1.165) is 40.5 Å². The summed E-state index contributed by atoms with van der Waals surface area (Å²) in [7, 11) is 0. The molecule has 1 heterocycles. The Morgan fingerprint density at radius 3 is 2.46 bits per heavy atom. The first-order valence-corrected chi connectivity index (χ1v) is 14.4. The number of nitrogens with one attached hydrogen (secondary N) is 1. The summed E-state index contributed by atoms with van der Waals surface area (Å²) < 4.78 is 0. The minimum atomic E-state index is -0.947. The monoisotopic (exact) mass is 579 g/mol. The number of aliphatic carboxylic acids is 1. The second-order valence-electron chi connectivity index (χ2n) is 9.49. The number of rotatable bonds is 9. The third-order valence-corrected chi connectivity index (χ3v) is 8.37. The van der Waals surface area contributed by atoms with E-state index in [-0.39, 0.29) is 18.9 Å². The highest BCUT2D eigenvalue weighted by atomic mass is 35.5. The first kappa shape index (κ1) is 27.2. The fourth-order valence-electron chi connectivity index (χ4n) is 4.66. The number of amides is 1. The van der Waals surface area contributed by atoms with Crippen LogP contribution < -0.4 is 10.2 Å². The topological polar surface area (TPSA) is 82.5 Å². The van der Waals surface area contributed by atoms with E-state index in [1.165, 1.54) is 24.0 Å². The van der Waals surface area contributed by atoms with Crippen molar-refractivity contribution < 1.29 is 14.7 Å². The number of carboxylic acid groups (broad SMARTS) is 1. The van der Waals surface area contributed by atoms with Crippen LogP contribution in [-0.4, -0.2) is 28.5 Å². The lowest BCUT2D eigenvalue weighted by Gasteiger charge is -2.25. The Bertz CT molecular complexity index is 1500. The summed E-state index contributed by atoms with van der Waals surface area (Å²) in [6.07, 6.45) is 4.51. The van der Waals surface area contributed by atoms with Crippen molar-refractivity contribution in [2.45, 2.75) is 38.6 Å². The van der Waals surface area contributed by atoms with E-state index in [9.17, 15) is 9.59 Å². The number of fused-ring (bicyclic) bond motifs is 1. The van der Waals surface area contributed by atoms with Crippen molar-refractivity contribution in [3.63, 3.8) is 0 Å². The second-order valence-corrected chi connectivity index (χ2v) is 11.1. The summed E-state index contributed by atoms with van der Waals surface area (Å²) in [6, 6.07) is 19.6. The van der Waals surface area contributed by atoms with E-state index in [1.807, 2.05) is 29.6 Å². The number of aryl methyl sites for hydroxylation is 2. The largest absolute Gasteiger partial charge is 0.481 e. The number of carbonyl (C=O) groups excluding carboxylic acids is 1. The van der Waals surface area contributed by atoms with Crippen molar-refractivity contribution in [2.24, 2.45) is 0 Å². The van der Waals surface area contributed by atoms with Gasteiger partial charge in [0.15, 0.2) is 5.13 Å². The zero-order valence-electron chi connectivity index (χ0n) is 21.1. The number of thiazole rings is 1. The normalized spacial score (nSPS) is 12.6. The summed E-state index contributed by atoms with van der Waals surface area (Å²) >= 11 is 13.9. The third kappa shape index (κ3) is 6.61. The molecule has 1 aliphatic carbocycles.